The molecule has 0 amide bonds. The Labute approximate surface area is 114 Å². The van der Waals surface area contributed by atoms with Crippen molar-refractivity contribution in [1.29, 1.82) is 0 Å². The third-order valence-corrected chi connectivity index (χ3v) is 5.32. The van der Waals surface area contributed by atoms with Crippen LogP contribution < -0.4 is 10.0 Å². The minimum atomic E-state index is -3.48. The van der Waals surface area contributed by atoms with Gasteiger partial charge in [0.25, 0.3) is 0 Å². The summed E-state index contributed by atoms with van der Waals surface area (Å²) in [5.41, 5.74) is 0.0198. The lowest BCUT2D eigenvalue weighted by molar-refractivity contribution is 0.313. The van der Waals surface area contributed by atoms with Crippen LogP contribution in [0.4, 0.5) is 5.82 Å². The molecule has 2 rings (SSSR count). The fraction of sp³-hybridized carbons (Fsp3) is 0.615. The van der Waals surface area contributed by atoms with Gasteiger partial charge in [-0.15, -0.1) is 0 Å². The maximum Gasteiger partial charge on any atom is 0.241 e. The van der Waals surface area contributed by atoms with Crippen molar-refractivity contribution in [2.75, 3.05) is 12.4 Å². The topological polar surface area (TPSA) is 71.1 Å². The standard InChI is InChI=1S/C13H21N3O2S/c1-13(2)7-4-5-11(13)16-19(17,18)10-6-8-15-12(9-10)14-3/h6,8-9,11,16H,4-5,7H2,1-3H3,(H,14,15). The van der Waals surface area contributed by atoms with Crippen LogP contribution in [0.5, 0.6) is 0 Å². The lowest BCUT2D eigenvalue weighted by Gasteiger charge is -2.27. The fourth-order valence-electron chi connectivity index (χ4n) is 2.52. The molecular formula is C13H21N3O2S. The van der Waals surface area contributed by atoms with Gasteiger partial charge in [0.2, 0.25) is 10.0 Å². The molecule has 1 fully saturated rings. The van der Waals surface area contributed by atoms with Gasteiger partial charge in [0.05, 0.1) is 4.90 Å². The Morgan fingerprint density at radius 2 is 2.16 bits per heavy atom. The van der Waals surface area contributed by atoms with E-state index in [9.17, 15) is 8.42 Å². The van der Waals surface area contributed by atoms with E-state index in [4.69, 9.17) is 0 Å². The van der Waals surface area contributed by atoms with E-state index >= 15 is 0 Å². The van der Waals surface area contributed by atoms with E-state index in [-0.39, 0.29) is 16.4 Å². The van der Waals surface area contributed by atoms with Gasteiger partial charge in [-0.2, -0.15) is 0 Å². The maximum absolute atomic E-state index is 12.4. The number of hydrogen-bond acceptors (Lipinski definition) is 4. The van der Waals surface area contributed by atoms with Crippen LogP contribution in [0.1, 0.15) is 33.1 Å². The van der Waals surface area contributed by atoms with E-state index in [2.05, 4.69) is 28.9 Å². The first-order valence-corrected chi connectivity index (χ1v) is 8.00. The second kappa shape index (κ2) is 5.09. The molecule has 5 nitrogen and oxygen atoms in total. The zero-order valence-corrected chi connectivity index (χ0v) is 12.4. The van der Waals surface area contributed by atoms with Crippen LogP contribution in [0.3, 0.4) is 0 Å². The number of sulfonamides is 1. The molecule has 19 heavy (non-hydrogen) atoms. The summed E-state index contributed by atoms with van der Waals surface area (Å²) >= 11 is 0. The van der Waals surface area contributed by atoms with Gasteiger partial charge < -0.3 is 5.32 Å². The van der Waals surface area contributed by atoms with Crippen LogP contribution in [0.15, 0.2) is 23.2 Å². The van der Waals surface area contributed by atoms with E-state index in [1.807, 2.05) is 0 Å². The zero-order chi connectivity index (χ0) is 14.1. The van der Waals surface area contributed by atoms with Gasteiger partial charge in [-0.3, -0.25) is 0 Å². The van der Waals surface area contributed by atoms with Gasteiger partial charge in [0.1, 0.15) is 5.82 Å². The maximum atomic E-state index is 12.4. The van der Waals surface area contributed by atoms with E-state index < -0.39 is 10.0 Å². The molecule has 1 heterocycles. The van der Waals surface area contributed by atoms with Gasteiger partial charge in [0.15, 0.2) is 0 Å². The van der Waals surface area contributed by atoms with Crippen molar-refractivity contribution in [1.82, 2.24) is 9.71 Å². The second-order valence-corrected chi connectivity index (χ2v) is 7.40. The highest BCUT2D eigenvalue weighted by Crippen LogP contribution is 2.37. The third kappa shape index (κ3) is 3.06. The zero-order valence-electron chi connectivity index (χ0n) is 11.6. The van der Waals surface area contributed by atoms with Gasteiger partial charge in [-0.25, -0.2) is 18.1 Å². The molecule has 2 N–H and O–H groups in total. The number of aromatic nitrogens is 1. The first-order valence-electron chi connectivity index (χ1n) is 6.51. The smallest absolute Gasteiger partial charge is 0.241 e. The average molecular weight is 283 g/mol. The van der Waals surface area contributed by atoms with Crippen molar-refractivity contribution in [2.24, 2.45) is 5.41 Å². The van der Waals surface area contributed by atoms with E-state index in [0.717, 1.165) is 19.3 Å². The largest absolute Gasteiger partial charge is 0.373 e. The minimum absolute atomic E-state index is 0.00343. The molecule has 0 aliphatic heterocycles. The van der Waals surface area contributed by atoms with Crippen LogP contribution in [0.2, 0.25) is 0 Å². The molecule has 6 heteroatoms. The van der Waals surface area contributed by atoms with Crippen molar-refractivity contribution in [3.8, 4) is 0 Å². The van der Waals surface area contributed by atoms with Crippen LogP contribution >= 0.6 is 0 Å². The summed E-state index contributed by atoms with van der Waals surface area (Å²) in [6.07, 6.45) is 4.52. The molecule has 1 aromatic heterocycles. The summed E-state index contributed by atoms with van der Waals surface area (Å²) in [6, 6.07) is 3.07. The number of pyridine rings is 1. The van der Waals surface area contributed by atoms with E-state index in [0.29, 0.717) is 5.82 Å². The van der Waals surface area contributed by atoms with E-state index in [1.54, 1.807) is 13.1 Å². The van der Waals surface area contributed by atoms with E-state index in [1.165, 1.54) is 12.3 Å². The Morgan fingerprint density at radius 1 is 1.42 bits per heavy atom. The van der Waals surface area contributed by atoms with Gasteiger partial charge >= 0.3 is 0 Å². The summed E-state index contributed by atoms with van der Waals surface area (Å²) in [5, 5.41) is 2.85. The first kappa shape index (κ1) is 14.3. The monoisotopic (exact) mass is 283 g/mol. The quantitative estimate of drug-likeness (QED) is 0.886. The van der Waals surface area contributed by atoms with Crippen molar-refractivity contribution in [2.45, 2.75) is 44.0 Å². The number of rotatable bonds is 4. The molecule has 1 atom stereocenters. The highest BCUT2D eigenvalue weighted by atomic mass is 32.2. The molecular weight excluding hydrogens is 262 g/mol. The molecule has 0 aromatic carbocycles. The molecule has 0 saturated heterocycles. The average Bonchev–Trinajstić information content (AvgIpc) is 2.68. The Balaban J connectivity index is 2.23. The molecule has 1 aromatic rings. The van der Waals surface area contributed by atoms with Gasteiger partial charge in [0, 0.05) is 25.4 Å². The number of nitrogens with zero attached hydrogens (tertiary/aromatic N) is 1. The number of nitrogens with one attached hydrogen (secondary N) is 2. The Hall–Kier alpha value is -1.14. The summed E-state index contributed by atoms with van der Waals surface area (Å²) in [4.78, 5) is 4.29. The number of anilines is 1. The highest BCUT2D eigenvalue weighted by Gasteiger charge is 2.37. The fourth-order valence-corrected chi connectivity index (χ4v) is 3.97. The first-order chi connectivity index (χ1) is 8.85. The Kier molecular flexibility index (Phi) is 3.82. The summed E-state index contributed by atoms with van der Waals surface area (Å²) in [6.45, 7) is 4.22. The highest BCUT2D eigenvalue weighted by molar-refractivity contribution is 7.89. The molecule has 1 unspecified atom stereocenters. The van der Waals surface area contributed by atoms with Gasteiger partial charge in [-0.1, -0.05) is 20.3 Å². The second-order valence-electron chi connectivity index (χ2n) is 5.68. The lowest BCUT2D eigenvalue weighted by Crippen LogP contribution is -2.41. The SMILES string of the molecule is CNc1cc(S(=O)(=O)NC2CCCC2(C)C)ccn1. The van der Waals surface area contributed by atoms with Crippen molar-refractivity contribution in [3.63, 3.8) is 0 Å². The minimum Gasteiger partial charge on any atom is -0.373 e. The molecule has 106 valence electrons. The van der Waals surface area contributed by atoms with Crippen molar-refractivity contribution < 1.29 is 8.42 Å². The predicted octanol–water partition coefficient (Wildman–Crippen LogP) is 1.98. The van der Waals surface area contributed by atoms with Crippen molar-refractivity contribution >= 4 is 15.8 Å². The summed E-state index contributed by atoms with van der Waals surface area (Å²) in [7, 11) is -1.76. The Bertz CT molecular complexity index is 555. The molecule has 1 saturated carbocycles. The van der Waals surface area contributed by atoms with Crippen LogP contribution in [0.25, 0.3) is 0 Å². The van der Waals surface area contributed by atoms with Crippen LogP contribution in [0, 0.1) is 5.41 Å². The van der Waals surface area contributed by atoms with Gasteiger partial charge in [-0.05, 0) is 24.3 Å². The third-order valence-electron chi connectivity index (χ3n) is 3.85. The van der Waals surface area contributed by atoms with Crippen molar-refractivity contribution in [3.05, 3.63) is 18.3 Å². The predicted molar refractivity (Wildman–Crippen MR) is 75.5 cm³/mol. The molecule has 0 bridgehead atoms. The van der Waals surface area contributed by atoms with Crippen LogP contribution in [-0.4, -0.2) is 26.5 Å². The van der Waals surface area contributed by atoms with Crippen LogP contribution in [-0.2, 0) is 10.0 Å². The summed E-state index contributed by atoms with van der Waals surface area (Å²) in [5.74, 6) is 0.550. The molecule has 1 aliphatic carbocycles. The number of hydrogen-bond donors (Lipinski definition) is 2. The normalized spacial score (nSPS) is 22.4. The Morgan fingerprint density at radius 3 is 2.74 bits per heavy atom. The molecule has 1 aliphatic rings. The summed E-state index contributed by atoms with van der Waals surface area (Å²) < 4.78 is 27.6. The lowest BCUT2D eigenvalue weighted by atomic mass is 9.88. The molecule has 0 spiro atoms. The molecule has 0 radical (unpaired) electrons.